The minimum Gasteiger partial charge on any atom is -0.481 e. The molecule has 1 aliphatic rings. The van der Waals surface area contributed by atoms with Crippen LogP contribution in [0.5, 0.6) is 17.2 Å². The zero-order valence-electron chi connectivity index (χ0n) is 13.4. The van der Waals surface area contributed by atoms with Gasteiger partial charge in [-0.3, -0.25) is 4.79 Å². The highest BCUT2D eigenvalue weighted by Crippen LogP contribution is 2.34. The van der Waals surface area contributed by atoms with Gasteiger partial charge < -0.3 is 19.5 Å². The summed E-state index contributed by atoms with van der Waals surface area (Å²) in [6.45, 7) is 5.91. The Morgan fingerprint density at radius 2 is 1.91 bits per heavy atom. The number of hydrogen-bond acceptors (Lipinski definition) is 4. The van der Waals surface area contributed by atoms with Crippen molar-refractivity contribution in [3.63, 3.8) is 0 Å². The summed E-state index contributed by atoms with van der Waals surface area (Å²) < 4.78 is 16.3. The number of ether oxygens (including phenoxy) is 3. The summed E-state index contributed by atoms with van der Waals surface area (Å²) in [4.78, 5) is 12.3. The lowest BCUT2D eigenvalue weighted by atomic mass is 10.1. The Morgan fingerprint density at radius 1 is 1.13 bits per heavy atom. The minimum atomic E-state index is -0.609. The lowest BCUT2D eigenvalue weighted by Crippen LogP contribution is -2.30. The molecule has 5 heteroatoms. The van der Waals surface area contributed by atoms with Crippen LogP contribution in [0, 0.1) is 13.8 Å². The SMILES string of the molecule is Cc1ccc(O[C@H](C)C(=O)Nc2ccc3c(c2)OCO3)c(C)c1. The second kappa shape index (κ2) is 6.20. The van der Waals surface area contributed by atoms with Gasteiger partial charge in [-0.2, -0.15) is 0 Å². The molecule has 1 heterocycles. The molecule has 0 spiro atoms. The minimum absolute atomic E-state index is 0.207. The van der Waals surface area contributed by atoms with Crippen LogP contribution in [0.1, 0.15) is 18.1 Å². The van der Waals surface area contributed by atoms with E-state index in [4.69, 9.17) is 14.2 Å². The summed E-state index contributed by atoms with van der Waals surface area (Å²) in [5, 5.41) is 2.82. The molecule has 23 heavy (non-hydrogen) atoms. The lowest BCUT2D eigenvalue weighted by Gasteiger charge is -2.16. The van der Waals surface area contributed by atoms with Gasteiger partial charge >= 0.3 is 0 Å². The molecule has 5 nitrogen and oxygen atoms in total. The summed E-state index contributed by atoms with van der Waals surface area (Å²) >= 11 is 0. The number of fused-ring (bicyclic) bond motifs is 1. The second-order valence-corrected chi connectivity index (χ2v) is 5.59. The van der Waals surface area contributed by atoms with E-state index in [1.165, 1.54) is 0 Å². The largest absolute Gasteiger partial charge is 0.481 e. The van der Waals surface area contributed by atoms with E-state index in [2.05, 4.69) is 5.32 Å². The molecular formula is C18H19NO4. The first-order valence-corrected chi connectivity index (χ1v) is 7.47. The third kappa shape index (κ3) is 3.39. The van der Waals surface area contributed by atoms with Gasteiger partial charge in [-0.05, 0) is 44.5 Å². The lowest BCUT2D eigenvalue weighted by molar-refractivity contribution is -0.122. The van der Waals surface area contributed by atoms with E-state index in [1.54, 1.807) is 25.1 Å². The third-order valence-corrected chi connectivity index (χ3v) is 3.64. The molecule has 0 aliphatic carbocycles. The second-order valence-electron chi connectivity index (χ2n) is 5.59. The summed E-state index contributed by atoms with van der Waals surface area (Å²) in [6.07, 6.45) is -0.609. The highest BCUT2D eigenvalue weighted by atomic mass is 16.7. The van der Waals surface area contributed by atoms with Gasteiger partial charge in [0, 0.05) is 11.8 Å². The monoisotopic (exact) mass is 313 g/mol. The first kappa shape index (κ1) is 15.2. The summed E-state index contributed by atoms with van der Waals surface area (Å²) in [7, 11) is 0. The predicted molar refractivity (Wildman–Crippen MR) is 87.2 cm³/mol. The third-order valence-electron chi connectivity index (χ3n) is 3.64. The van der Waals surface area contributed by atoms with Crippen LogP contribution in [0.15, 0.2) is 36.4 Å². The molecule has 0 saturated carbocycles. The zero-order valence-corrected chi connectivity index (χ0v) is 13.4. The fourth-order valence-electron chi connectivity index (χ4n) is 2.39. The Hall–Kier alpha value is -2.69. The number of anilines is 1. The highest BCUT2D eigenvalue weighted by molar-refractivity contribution is 5.94. The molecule has 0 unspecified atom stereocenters. The number of aryl methyl sites for hydroxylation is 2. The normalized spacial score (nSPS) is 13.5. The summed E-state index contributed by atoms with van der Waals surface area (Å²) in [6, 6.07) is 11.2. The van der Waals surface area contributed by atoms with Crippen LogP contribution in [-0.4, -0.2) is 18.8 Å². The first-order chi connectivity index (χ1) is 11.0. The van der Waals surface area contributed by atoms with Crippen molar-refractivity contribution in [3.05, 3.63) is 47.5 Å². The maximum absolute atomic E-state index is 12.3. The number of carbonyl (C=O) groups is 1. The molecule has 2 aromatic rings. The van der Waals surface area contributed by atoms with Crippen molar-refractivity contribution in [1.29, 1.82) is 0 Å². The topological polar surface area (TPSA) is 56.8 Å². The maximum atomic E-state index is 12.3. The molecule has 1 aliphatic heterocycles. The van der Waals surface area contributed by atoms with Gasteiger partial charge in [0.05, 0.1) is 0 Å². The van der Waals surface area contributed by atoms with Gasteiger partial charge in [0.1, 0.15) is 5.75 Å². The van der Waals surface area contributed by atoms with Gasteiger partial charge in [-0.15, -0.1) is 0 Å². The average molecular weight is 313 g/mol. The number of hydrogen-bond donors (Lipinski definition) is 1. The summed E-state index contributed by atoms with van der Waals surface area (Å²) in [5.74, 6) is 1.81. The van der Waals surface area contributed by atoms with E-state index in [9.17, 15) is 4.79 Å². The molecule has 1 amide bonds. The molecule has 0 aromatic heterocycles. The van der Waals surface area contributed by atoms with Crippen molar-refractivity contribution in [2.45, 2.75) is 26.9 Å². The Labute approximate surface area is 135 Å². The Balaban J connectivity index is 1.65. The molecule has 3 rings (SSSR count). The van der Waals surface area contributed by atoms with E-state index in [0.29, 0.717) is 22.9 Å². The average Bonchev–Trinajstić information content (AvgIpc) is 2.97. The van der Waals surface area contributed by atoms with Crippen LogP contribution in [0.4, 0.5) is 5.69 Å². The van der Waals surface area contributed by atoms with Crippen LogP contribution in [-0.2, 0) is 4.79 Å². The van der Waals surface area contributed by atoms with Crippen molar-refractivity contribution in [3.8, 4) is 17.2 Å². The Bertz CT molecular complexity index is 742. The molecule has 0 radical (unpaired) electrons. The number of benzene rings is 2. The van der Waals surface area contributed by atoms with Crippen LogP contribution >= 0.6 is 0 Å². The zero-order chi connectivity index (χ0) is 16.4. The Kier molecular flexibility index (Phi) is 4.10. The molecule has 120 valence electrons. The van der Waals surface area contributed by atoms with E-state index in [-0.39, 0.29) is 12.7 Å². The van der Waals surface area contributed by atoms with Crippen molar-refractivity contribution < 1.29 is 19.0 Å². The van der Waals surface area contributed by atoms with Crippen molar-refractivity contribution in [1.82, 2.24) is 0 Å². The van der Waals surface area contributed by atoms with Gasteiger partial charge in [0.2, 0.25) is 6.79 Å². The van der Waals surface area contributed by atoms with E-state index < -0.39 is 6.10 Å². The van der Waals surface area contributed by atoms with Crippen molar-refractivity contribution in [2.24, 2.45) is 0 Å². The van der Waals surface area contributed by atoms with Crippen LogP contribution in [0.25, 0.3) is 0 Å². The molecule has 0 fully saturated rings. The van der Waals surface area contributed by atoms with Crippen LogP contribution < -0.4 is 19.5 Å². The smallest absolute Gasteiger partial charge is 0.265 e. The molecule has 1 N–H and O–H groups in total. The quantitative estimate of drug-likeness (QED) is 0.939. The van der Waals surface area contributed by atoms with Crippen LogP contribution in [0.3, 0.4) is 0 Å². The van der Waals surface area contributed by atoms with Crippen LogP contribution in [0.2, 0.25) is 0 Å². The van der Waals surface area contributed by atoms with Crippen molar-refractivity contribution in [2.75, 3.05) is 12.1 Å². The van der Waals surface area contributed by atoms with Gasteiger partial charge in [-0.1, -0.05) is 17.7 Å². The predicted octanol–water partition coefficient (Wildman–Crippen LogP) is 3.44. The fraction of sp³-hybridized carbons (Fsp3) is 0.278. The molecular weight excluding hydrogens is 294 g/mol. The first-order valence-electron chi connectivity index (χ1n) is 7.47. The van der Waals surface area contributed by atoms with E-state index in [1.807, 2.05) is 32.0 Å². The number of carbonyl (C=O) groups excluding carboxylic acids is 1. The van der Waals surface area contributed by atoms with Gasteiger partial charge in [0.15, 0.2) is 17.6 Å². The van der Waals surface area contributed by atoms with E-state index in [0.717, 1.165) is 11.1 Å². The molecule has 0 bridgehead atoms. The van der Waals surface area contributed by atoms with Gasteiger partial charge in [-0.25, -0.2) is 0 Å². The van der Waals surface area contributed by atoms with Gasteiger partial charge in [0.25, 0.3) is 5.91 Å². The van der Waals surface area contributed by atoms with E-state index >= 15 is 0 Å². The standard InChI is InChI=1S/C18H19NO4/c1-11-4-6-15(12(2)8-11)23-13(3)18(20)19-14-5-7-16-17(9-14)22-10-21-16/h4-9,13H,10H2,1-3H3,(H,19,20)/t13-/m1/s1. The molecule has 1 atom stereocenters. The number of rotatable bonds is 4. The maximum Gasteiger partial charge on any atom is 0.265 e. The molecule has 2 aromatic carbocycles. The van der Waals surface area contributed by atoms with Crippen molar-refractivity contribution >= 4 is 11.6 Å². The number of nitrogens with one attached hydrogen (secondary N) is 1. The number of amides is 1. The Morgan fingerprint density at radius 3 is 2.70 bits per heavy atom. The highest BCUT2D eigenvalue weighted by Gasteiger charge is 2.18. The molecule has 0 saturated heterocycles. The summed E-state index contributed by atoms with van der Waals surface area (Å²) in [5.41, 5.74) is 2.82. The fourth-order valence-corrected chi connectivity index (χ4v) is 2.39.